The predicted molar refractivity (Wildman–Crippen MR) is 104 cm³/mol. The lowest BCUT2D eigenvalue weighted by Crippen LogP contribution is -2.50. The van der Waals surface area contributed by atoms with Crippen LogP contribution >= 0.6 is 0 Å². The zero-order valence-electron chi connectivity index (χ0n) is 16.5. The summed E-state index contributed by atoms with van der Waals surface area (Å²) in [4.78, 5) is 29.3. The van der Waals surface area contributed by atoms with Crippen molar-refractivity contribution in [2.75, 3.05) is 18.9 Å². The van der Waals surface area contributed by atoms with Crippen LogP contribution in [-0.2, 0) is 10.9 Å². The van der Waals surface area contributed by atoms with E-state index in [1.807, 2.05) is 6.07 Å². The molecule has 11 nitrogen and oxygen atoms in total. The maximum atomic E-state index is 12.0. The van der Waals surface area contributed by atoms with E-state index >= 15 is 0 Å². The molecule has 1 aliphatic heterocycles. The van der Waals surface area contributed by atoms with Gasteiger partial charge in [0.15, 0.2) is 5.69 Å². The lowest BCUT2D eigenvalue weighted by atomic mass is 10.0. The fourth-order valence-electron chi connectivity index (χ4n) is 2.78. The van der Waals surface area contributed by atoms with E-state index in [0.29, 0.717) is 24.9 Å². The first kappa shape index (κ1) is 23.3. The number of anilines is 1. The van der Waals surface area contributed by atoms with Gasteiger partial charge in [-0.05, 0) is 12.5 Å². The molecule has 6 N–H and O–H groups in total. The van der Waals surface area contributed by atoms with E-state index in [-0.39, 0.29) is 18.2 Å². The van der Waals surface area contributed by atoms with Gasteiger partial charge in [-0.2, -0.15) is 13.2 Å². The molecule has 0 radical (unpaired) electrons. The van der Waals surface area contributed by atoms with Crippen molar-refractivity contribution in [1.29, 1.82) is 0 Å². The number of aliphatic hydroxyl groups is 2. The van der Waals surface area contributed by atoms with Crippen molar-refractivity contribution in [2.24, 2.45) is 0 Å². The molecule has 0 spiro atoms. The number of nitrogens with one attached hydrogen (secondary N) is 2. The Morgan fingerprint density at radius 1 is 1.28 bits per heavy atom. The summed E-state index contributed by atoms with van der Waals surface area (Å²) in [5.74, 6) is -0.655. The molecule has 3 atom stereocenters. The Balaban J connectivity index is 0.000000222. The molecule has 3 unspecified atom stereocenters. The lowest BCUT2D eigenvalue weighted by molar-refractivity contribution is -0.141. The van der Waals surface area contributed by atoms with Crippen molar-refractivity contribution in [3.05, 3.63) is 42.4 Å². The van der Waals surface area contributed by atoms with Gasteiger partial charge in [-0.25, -0.2) is 15.0 Å². The Bertz CT molecular complexity index is 1060. The molecular weight excluding hydrogens is 435 g/mol. The Kier molecular flexibility index (Phi) is 7.17. The lowest BCUT2D eigenvalue weighted by Gasteiger charge is -2.31. The number of carbonyl (C=O) groups excluding carboxylic acids is 1. The predicted octanol–water partition coefficient (Wildman–Crippen LogP) is 0.276. The average Bonchev–Trinajstić information content (AvgIpc) is 3.22. The number of nitrogens with two attached hydrogens (primary N) is 1. The number of aromatic nitrogens is 5. The number of H-pyrrole nitrogens is 1. The van der Waals surface area contributed by atoms with Crippen LogP contribution in [0.25, 0.3) is 11.0 Å². The highest BCUT2D eigenvalue weighted by Gasteiger charge is 2.33. The van der Waals surface area contributed by atoms with Gasteiger partial charge >= 0.3 is 6.18 Å². The molecule has 3 aromatic heterocycles. The van der Waals surface area contributed by atoms with Gasteiger partial charge in [0.1, 0.15) is 23.7 Å². The summed E-state index contributed by atoms with van der Waals surface area (Å²) < 4.78 is 40.8. The topological polar surface area (TPSA) is 172 Å². The first-order valence-corrected chi connectivity index (χ1v) is 9.36. The van der Waals surface area contributed by atoms with E-state index in [0.717, 1.165) is 11.6 Å². The standard InChI is InChI=1S/C13H16N4O4.C5H4F3N3/c18-8-2-4-21-9(10(8)19)6-16-13(20)12-15-5-7-1-3-14-11(7)17-12;6-5(7,8)3-1-10-2-4(9)11-3/h1,3,5,8-10,18-19H,2,4,6H2,(H,16,20)(H,14,15,17);1-2H,(H2,9,11). The minimum atomic E-state index is -4.47. The molecule has 4 heterocycles. The van der Waals surface area contributed by atoms with Crippen LogP contribution in [0.5, 0.6) is 0 Å². The third kappa shape index (κ3) is 5.87. The number of fused-ring (bicyclic) bond motifs is 1. The Morgan fingerprint density at radius 3 is 2.75 bits per heavy atom. The Morgan fingerprint density at radius 2 is 2.06 bits per heavy atom. The second-order valence-corrected chi connectivity index (χ2v) is 6.77. The number of alkyl halides is 3. The number of aliphatic hydroxyl groups excluding tert-OH is 2. The fraction of sp³-hybridized carbons (Fsp3) is 0.389. The molecule has 172 valence electrons. The van der Waals surface area contributed by atoms with Gasteiger partial charge in [-0.15, -0.1) is 0 Å². The van der Waals surface area contributed by atoms with Crippen molar-refractivity contribution >= 4 is 22.8 Å². The summed E-state index contributed by atoms with van der Waals surface area (Å²) >= 11 is 0. The van der Waals surface area contributed by atoms with Gasteiger partial charge in [-0.1, -0.05) is 0 Å². The first-order chi connectivity index (χ1) is 15.1. The van der Waals surface area contributed by atoms with Crippen molar-refractivity contribution in [3.8, 4) is 0 Å². The highest BCUT2D eigenvalue weighted by molar-refractivity contribution is 5.92. The molecule has 0 saturated carbocycles. The maximum Gasteiger partial charge on any atom is 0.434 e. The summed E-state index contributed by atoms with van der Waals surface area (Å²) in [5, 5.41) is 22.7. The maximum absolute atomic E-state index is 12.0. The van der Waals surface area contributed by atoms with E-state index in [1.54, 1.807) is 12.4 Å². The van der Waals surface area contributed by atoms with Crippen molar-refractivity contribution in [1.82, 2.24) is 30.2 Å². The monoisotopic (exact) mass is 455 g/mol. The third-order valence-electron chi connectivity index (χ3n) is 4.43. The van der Waals surface area contributed by atoms with E-state index in [1.165, 1.54) is 0 Å². The van der Waals surface area contributed by atoms with Gasteiger partial charge in [0, 0.05) is 30.9 Å². The fourth-order valence-corrected chi connectivity index (χ4v) is 2.78. The largest absolute Gasteiger partial charge is 0.434 e. The van der Waals surface area contributed by atoms with E-state index in [9.17, 15) is 28.2 Å². The molecule has 0 aliphatic carbocycles. The molecule has 0 aromatic carbocycles. The first-order valence-electron chi connectivity index (χ1n) is 9.36. The van der Waals surface area contributed by atoms with Crippen LogP contribution in [-0.4, -0.2) is 72.5 Å². The number of rotatable bonds is 3. The molecule has 1 amide bonds. The van der Waals surface area contributed by atoms with Gasteiger partial charge in [-0.3, -0.25) is 9.78 Å². The smallest absolute Gasteiger partial charge is 0.390 e. The highest BCUT2D eigenvalue weighted by atomic mass is 19.4. The molecule has 4 rings (SSSR count). The quantitative estimate of drug-likeness (QED) is 0.372. The van der Waals surface area contributed by atoms with Crippen LogP contribution in [0.15, 0.2) is 30.9 Å². The third-order valence-corrected chi connectivity index (χ3v) is 4.43. The summed E-state index contributed by atoms with van der Waals surface area (Å²) in [5.41, 5.74) is 4.49. The summed E-state index contributed by atoms with van der Waals surface area (Å²) in [6.07, 6.45) is -1.60. The molecule has 1 fully saturated rings. The number of halogens is 3. The zero-order chi connectivity index (χ0) is 23.3. The normalized spacial score (nSPS) is 21.0. The Labute approximate surface area is 178 Å². The minimum absolute atomic E-state index is 0.0378. The van der Waals surface area contributed by atoms with Crippen molar-refractivity contribution < 1.29 is 32.9 Å². The number of hydrogen-bond acceptors (Lipinski definition) is 9. The van der Waals surface area contributed by atoms with E-state index in [4.69, 9.17) is 10.5 Å². The van der Waals surface area contributed by atoms with Crippen LogP contribution < -0.4 is 11.1 Å². The number of carbonyl (C=O) groups is 1. The summed E-state index contributed by atoms with van der Waals surface area (Å²) in [6.45, 7) is 0.437. The molecule has 3 aromatic rings. The average molecular weight is 455 g/mol. The van der Waals surface area contributed by atoms with Gasteiger partial charge in [0.2, 0.25) is 5.82 Å². The number of nitrogen functional groups attached to an aromatic ring is 1. The van der Waals surface area contributed by atoms with Gasteiger partial charge in [0.25, 0.3) is 5.91 Å². The molecule has 14 heteroatoms. The van der Waals surface area contributed by atoms with Gasteiger partial charge in [0.05, 0.1) is 18.5 Å². The number of aromatic amines is 1. The molecule has 1 aliphatic rings. The van der Waals surface area contributed by atoms with Crippen LogP contribution in [0.1, 0.15) is 22.7 Å². The summed E-state index contributed by atoms with van der Waals surface area (Å²) in [6, 6.07) is 1.81. The van der Waals surface area contributed by atoms with Gasteiger partial charge < -0.3 is 31.0 Å². The van der Waals surface area contributed by atoms with E-state index < -0.39 is 36.1 Å². The van der Waals surface area contributed by atoms with Crippen molar-refractivity contribution in [2.45, 2.75) is 30.9 Å². The van der Waals surface area contributed by atoms with Crippen molar-refractivity contribution in [3.63, 3.8) is 0 Å². The number of nitrogens with zero attached hydrogens (tertiary/aromatic N) is 4. The summed E-state index contributed by atoms with van der Waals surface area (Å²) in [7, 11) is 0. The molecule has 0 bridgehead atoms. The Hall–Kier alpha value is -3.36. The second kappa shape index (κ2) is 9.84. The SMILES string of the molecule is Nc1cncc(C(F)(F)F)n1.O=C(NCC1OCCC(O)C1O)c1ncc2cc[nH]c2n1. The van der Waals surface area contributed by atoms with Crippen LogP contribution in [0, 0.1) is 0 Å². The van der Waals surface area contributed by atoms with Crippen LogP contribution in [0.2, 0.25) is 0 Å². The number of hydrogen-bond donors (Lipinski definition) is 5. The number of amides is 1. The molecule has 1 saturated heterocycles. The number of ether oxygens (including phenoxy) is 1. The van der Waals surface area contributed by atoms with Crippen LogP contribution in [0.4, 0.5) is 19.0 Å². The van der Waals surface area contributed by atoms with Crippen LogP contribution in [0.3, 0.4) is 0 Å². The van der Waals surface area contributed by atoms with E-state index in [2.05, 4.69) is 30.2 Å². The molecular formula is C18H20F3N7O4. The highest BCUT2D eigenvalue weighted by Crippen LogP contribution is 2.26. The molecule has 32 heavy (non-hydrogen) atoms. The minimum Gasteiger partial charge on any atom is -0.390 e. The zero-order valence-corrected chi connectivity index (χ0v) is 16.5. The second-order valence-electron chi connectivity index (χ2n) is 6.77.